The Labute approximate surface area is 105 Å². The summed E-state index contributed by atoms with van der Waals surface area (Å²) < 4.78 is 5.64. The molecule has 1 aromatic rings. The maximum absolute atomic E-state index is 5.64. The number of hydrogen-bond donors (Lipinski definition) is 1. The second-order valence-corrected chi connectivity index (χ2v) is 4.81. The molecule has 0 aromatic carbocycles. The smallest absolute Gasteiger partial charge is 0.137 e. The molecule has 0 aliphatic heterocycles. The summed E-state index contributed by atoms with van der Waals surface area (Å²) in [5, 5.41) is 3.16. The lowest BCUT2D eigenvalue weighted by molar-refractivity contribution is 0.296. The first-order valence-corrected chi connectivity index (χ1v) is 6.39. The average Bonchev–Trinajstić information content (AvgIpc) is 2.34. The van der Waals surface area contributed by atoms with Crippen LogP contribution in [0.3, 0.4) is 0 Å². The van der Waals surface area contributed by atoms with Gasteiger partial charge in [0.15, 0.2) is 0 Å². The van der Waals surface area contributed by atoms with Crippen LogP contribution in [0.1, 0.15) is 45.3 Å². The van der Waals surface area contributed by atoms with Crippen molar-refractivity contribution in [2.75, 3.05) is 13.7 Å². The summed E-state index contributed by atoms with van der Waals surface area (Å²) in [6, 6.07) is 4.29. The molecular formula is C14H24N2O. The second kappa shape index (κ2) is 7.28. The van der Waals surface area contributed by atoms with Gasteiger partial charge in [0.05, 0.1) is 18.5 Å². The first-order chi connectivity index (χ1) is 8.13. The maximum atomic E-state index is 5.64. The molecule has 0 fully saturated rings. The standard InChI is InChI=1S/C14H24N2O/c1-11(2)6-5-9-17-13-7-8-14(16-10-13)12(3)15-4/h7-8,10-12,15H,5-6,9H2,1-4H3. The van der Waals surface area contributed by atoms with Crippen molar-refractivity contribution in [3.8, 4) is 5.75 Å². The number of nitrogens with zero attached hydrogens (tertiary/aromatic N) is 1. The Morgan fingerprint density at radius 2 is 2.06 bits per heavy atom. The highest BCUT2D eigenvalue weighted by atomic mass is 16.5. The van der Waals surface area contributed by atoms with Crippen molar-refractivity contribution in [3.63, 3.8) is 0 Å². The molecule has 3 heteroatoms. The van der Waals surface area contributed by atoms with Crippen LogP contribution in [0.15, 0.2) is 18.3 Å². The summed E-state index contributed by atoms with van der Waals surface area (Å²) in [5.41, 5.74) is 1.04. The van der Waals surface area contributed by atoms with Crippen molar-refractivity contribution >= 4 is 0 Å². The molecule has 1 N–H and O–H groups in total. The third-order valence-corrected chi connectivity index (χ3v) is 2.83. The van der Waals surface area contributed by atoms with E-state index in [9.17, 15) is 0 Å². The molecular weight excluding hydrogens is 212 g/mol. The molecule has 1 aromatic heterocycles. The summed E-state index contributed by atoms with van der Waals surface area (Å²) in [5.74, 6) is 1.61. The van der Waals surface area contributed by atoms with E-state index in [1.54, 1.807) is 6.20 Å². The molecule has 0 spiro atoms. The molecule has 1 unspecified atom stereocenters. The number of aromatic nitrogens is 1. The number of pyridine rings is 1. The van der Waals surface area contributed by atoms with E-state index in [1.807, 2.05) is 19.2 Å². The first-order valence-electron chi connectivity index (χ1n) is 6.39. The number of rotatable bonds is 7. The van der Waals surface area contributed by atoms with E-state index < -0.39 is 0 Å². The van der Waals surface area contributed by atoms with Crippen LogP contribution in [0.25, 0.3) is 0 Å². The maximum Gasteiger partial charge on any atom is 0.137 e. The topological polar surface area (TPSA) is 34.1 Å². The summed E-state index contributed by atoms with van der Waals surface area (Å²) in [4.78, 5) is 4.38. The Hall–Kier alpha value is -1.09. The van der Waals surface area contributed by atoms with Gasteiger partial charge in [0.25, 0.3) is 0 Å². The minimum Gasteiger partial charge on any atom is -0.492 e. The summed E-state index contributed by atoms with van der Waals surface area (Å²) in [6.45, 7) is 7.33. The Morgan fingerprint density at radius 1 is 1.29 bits per heavy atom. The fraction of sp³-hybridized carbons (Fsp3) is 0.643. The predicted octanol–water partition coefficient (Wildman–Crippen LogP) is 3.18. The molecule has 0 aliphatic rings. The lowest BCUT2D eigenvalue weighted by Gasteiger charge is -2.11. The predicted molar refractivity (Wildman–Crippen MR) is 71.3 cm³/mol. The van der Waals surface area contributed by atoms with E-state index in [0.717, 1.165) is 30.4 Å². The normalized spacial score (nSPS) is 12.8. The van der Waals surface area contributed by atoms with Crippen molar-refractivity contribution in [3.05, 3.63) is 24.0 Å². The number of ether oxygens (including phenoxy) is 1. The van der Waals surface area contributed by atoms with Gasteiger partial charge in [-0.2, -0.15) is 0 Å². The van der Waals surface area contributed by atoms with Crippen LogP contribution in [0.2, 0.25) is 0 Å². The highest BCUT2D eigenvalue weighted by Crippen LogP contribution is 2.14. The van der Waals surface area contributed by atoms with Gasteiger partial charge in [-0.15, -0.1) is 0 Å². The van der Waals surface area contributed by atoms with E-state index in [1.165, 1.54) is 6.42 Å². The summed E-state index contributed by atoms with van der Waals surface area (Å²) >= 11 is 0. The zero-order valence-electron chi connectivity index (χ0n) is 11.4. The molecule has 0 aliphatic carbocycles. The molecule has 96 valence electrons. The Balaban J connectivity index is 2.35. The van der Waals surface area contributed by atoms with E-state index in [-0.39, 0.29) is 6.04 Å². The van der Waals surface area contributed by atoms with Crippen molar-refractivity contribution in [2.45, 2.75) is 39.7 Å². The van der Waals surface area contributed by atoms with E-state index in [0.29, 0.717) is 0 Å². The van der Waals surface area contributed by atoms with Crippen molar-refractivity contribution < 1.29 is 4.74 Å². The minimum atomic E-state index is 0.282. The highest BCUT2D eigenvalue weighted by molar-refractivity contribution is 5.21. The van der Waals surface area contributed by atoms with Crippen molar-refractivity contribution in [1.82, 2.24) is 10.3 Å². The third kappa shape index (κ3) is 5.18. The van der Waals surface area contributed by atoms with Gasteiger partial charge in [0.2, 0.25) is 0 Å². The zero-order valence-corrected chi connectivity index (χ0v) is 11.4. The van der Waals surface area contributed by atoms with Crippen LogP contribution in [0, 0.1) is 5.92 Å². The SMILES string of the molecule is CNC(C)c1ccc(OCCCC(C)C)cn1. The zero-order chi connectivity index (χ0) is 12.7. The van der Waals surface area contributed by atoms with Crippen LogP contribution in [-0.4, -0.2) is 18.6 Å². The Morgan fingerprint density at radius 3 is 2.59 bits per heavy atom. The summed E-state index contributed by atoms with van der Waals surface area (Å²) in [6.07, 6.45) is 4.12. The fourth-order valence-corrected chi connectivity index (χ4v) is 1.56. The van der Waals surface area contributed by atoms with E-state index in [2.05, 4.69) is 31.1 Å². The molecule has 0 amide bonds. The quantitative estimate of drug-likeness (QED) is 0.738. The molecule has 1 heterocycles. The van der Waals surface area contributed by atoms with Gasteiger partial charge in [0.1, 0.15) is 5.75 Å². The van der Waals surface area contributed by atoms with Crippen LogP contribution < -0.4 is 10.1 Å². The monoisotopic (exact) mass is 236 g/mol. The van der Waals surface area contributed by atoms with Gasteiger partial charge in [0, 0.05) is 6.04 Å². The average molecular weight is 236 g/mol. The van der Waals surface area contributed by atoms with Gasteiger partial charge in [-0.05, 0) is 44.9 Å². The van der Waals surface area contributed by atoms with Crippen molar-refractivity contribution in [1.29, 1.82) is 0 Å². The van der Waals surface area contributed by atoms with E-state index in [4.69, 9.17) is 4.74 Å². The summed E-state index contributed by atoms with van der Waals surface area (Å²) in [7, 11) is 1.93. The van der Waals surface area contributed by atoms with Gasteiger partial charge in [-0.3, -0.25) is 4.98 Å². The van der Waals surface area contributed by atoms with Gasteiger partial charge >= 0.3 is 0 Å². The first kappa shape index (κ1) is 14.0. The van der Waals surface area contributed by atoms with Crippen molar-refractivity contribution in [2.24, 2.45) is 5.92 Å². The Kier molecular flexibility index (Phi) is 5.98. The lowest BCUT2D eigenvalue weighted by Crippen LogP contribution is -2.13. The molecule has 0 saturated carbocycles. The van der Waals surface area contributed by atoms with Crippen LogP contribution in [0.5, 0.6) is 5.75 Å². The van der Waals surface area contributed by atoms with Gasteiger partial charge < -0.3 is 10.1 Å². The van der Waals surface area contributed by atoms with E-state index >= 15 is 0 Å². The lowest BCUT2D eigenvalue weighted by atomic mass is 10.1. The van der Waals surface area contributed by atoms with Gasteiger partial charge in [-0.25, -0.2) is 0 Å². The van der Waals surface area contributed by atoms with Gasteiger partial charge in [-0.1, -0.05) is 13.8 Å². The number of nitrogens with one attached hydrogen (secondary N) is 1. The molecule has 0 saturated heterocycles. The van der Waals surface area contributed by atoms with Crippen LogP contribution >= 0.6 is 0 Å². The Bertz CT molecular complexity index is 309. The molecule has 0 bridgehead atoms. The van der Waals surface area contributed by atoms with Crippen LogP contribution in [-0.2, 0) is 0 Å². The molecule has 0 radical (unpaired) electrons. The minimum absolute atomic E-state index is 0.282. The fourth-order valence-electron chi connectivity index (χ4n) is 1.56. The molecule has 1 rings (SSSR count). The second-order valence-electron chi connectivity index (χ2n) is 4.81. The molecule has 1 atom stereocenters. The highest BCUT2D eigenvalue weighted by Gasteiger charge is 2.03. The molecule has 17 heavy (non-hydrogen) atoms. The van der Waals surface area contributed by atoms with Crippen LogP contribution in [0.4, 0.5) is 0 Å². The number of hydrogen-bond acceptors (Lipinski definition) is 3. The largest absolute Gasteiger partial charge is 0.492 e. The third-order valence-electron chi connectivity index (χ3n) is 2.83. The molecule has 3 nitrogen and oxygen atoms in total.